The van der Waals surface area contributed by atoms with E-state index in [9.17, 15) is 5.26 Å². The smallest absolute Gasteiger partial charge is 0.166 e. The van der Waals surface area contributed by atoms with Crippen LogP contribution in [-0.2, 0) is 4.74 Å². The largest absolute Gasteiger partial charge is 0.370 e. The number of fused-ring (bicyclic) bond motifs is 1. The van der Waals surface area contributed by atoms with Crippen LogP contribution in [0.25, 0.3) is 10.9 Å². The summed E-state index contributed by atoms with van der Waals surface area (Å²) in [6.45, 7) is 8.93. The molecule has 2 saturated heterocycles. The lowest BCUT2D eigenvalue weighted by Crippen LogP contribution is -2.53. The van der Waals surface area contributed by atoms with Crippen LogP contribution in [0.5, 0.6) is 0 Å². The van der Waals surface area contributed by atoms with Crippen LogP contribution < -0.4 is 10.2 Å². The number of ether oxygens (including phenoxy) is 1. The molecule has 7 nitrogen and oxygen atoms in total. The number of nitriles is 1. The van der Waals surface area contributed by atoms with E-state index in [-0.39, 0.29) is 12.2 Å². The molecule has 2 aromatic heterocycles. The normalized spacial score (nSPS) is 24.5. The molecule has 0 radical (unpaired) electrons. The average Bonchev–Trinajstić information content (AvgIpc) is 2.67. The molecule has 0 bridgehead atoms. The molecule has 2 aliphatic rings. The molecule has 7 heteroatoms. The number of nitrogens with one attached hydrogen (secondary N) is 1. The second-order valence-corrected chi connectivity index (χ2v) is 7.03. The van der Waals surface area contributed by atoms with Gasteiger partial charge < -0.3 is 15.0 Å². The van der Waals surface area contributed by atoms with Crippen molar-refractivity contribution in [1.82, 2.24) is 20.2 Å². The first kappa shape index (κ1) is 17.2. The van der Waals surface area contributed by atoms with Gasteiger partial charge in [0.1, 0.15) is 11.6 Å². The highest BCUT2D eigenvalue weighted by Gasteiger charge is 2.28. The first-order chi connectivity index (χ1) is 12.7. The van der Waals surface area contributed by atoms with Crippen molar-refractivity contribution in [1.29, 1.82) is 5.26 Å². The van der Waals surface area contributed by atoms with Gasteiger partial charge in [-0.25, -0.2) is 4.98 Å². The SMILES string of the molecule is C[C@@H]1CN(c2cnc(C#N)c3ncccc23)C[C@H](CN2CCNCC2)O1. The highest BCUT2D eigenvalue weighted by atomic mass is 16.5. The first-order valence-electron chi connectivity index (χ1n) is 9.22. The van der Waals surface area contributed by atoms with Crippen molar-refractivity contribution >= 4 is 16.6 Å². The molecule has 26 heavy (non-hydrogen) atoms. The maximum Gasteiger partial charge on any atom is 0.166 e. The highest BCUT2D eigenvalue weighted by Crippen LogP contribution is 2.29. The fourth-order valence-corrected chi connectivity index (χ4v) is 3.92. The zero-order valence-corrected chi connectivity index (χ0v) is 15.1. The Kier molecular flexibility index (Phi) is 4.98. The number of pyridine rings is 2. The van der Waals surface area contributed by atoms with E-state index in [0.29, 0.717) is 11.2 Å². The Morgan fingerprint density at radius 2 is 2.15 bits per heavy atom. The van der Waals surface area contributed by atoms with E-state index >= 15 is 0 Å². The number of aromatic nitrogens is 2. The minimum atomic E-state index is 0.152. The molecule has 136 valence electrons. The molecule has 0 aliphatic carbocycles. The van der Waals surface area contributed by atoms with Crippen LogP contribution in [0.4, 0.5) is 5.69 Å². The lowest BCUT2D eigenvalue weighted by molar-refractivity contribution is -0.0334. The predicted molar refractivity (Wildman–Crippen MR) is 100 cm³/mol. The van der Waals surface area contributed by atoms with Crippen LogP contribution in [-0.4, -0.2) is 72.9 Å². The lowest BCUT2D eigenvalue weighted by Gasteiger charge is -2.41. The van der Waals surface area contributed by atoms with Gasteiger partial charge in [-0.2, -0.15) is 5.26 Å². The molecule has 4 heterocycles. The highest BCUT2D eigenvalue weighted by molar-refractivity contribution is 5.93. The number of rotatable bonds is 3. The maximum atomic E-state index is 9.31. The number of hydrogen-bond donors (Lipinski definition) is 1. The summed E-state index contributed by atoms with van der Waals surface area (Å²) in [5, 5.41) is 13.7. The molecule has 2 aromatic rings. The van der Waals surface area contributed by atoms with Crippen molar-refractivity contribution in [2.45, 2.75) is 19.1 Å². The minimum absolute atomic E-state index is 0.152. The standard InChI is InChI=1S/C19H24N6O/c1-14-11-25(13-15(26-14)12-24-7-5-21-6-8-24)18-10-23-17(9-20)19-16(18)3-2-4-22-19/h2-4,10,14-15,21H,5-8,11-13H2,1H3/t14-,15+/m1/s1. The number of nitrogens with zero attached hydrogens (tertiary/aromatic N) is 5. The number of anilines is 1. The lowest BCUT2D eigenvalue weighted by atomic mass is 10.1. The summed E-state index contributed by atoms with van der Waals surface area (Å²) < 4.78 is 6.21. The number of hydrogen-bond acceptors (Lipinski definition) is 7. The fraction of sp³-hybridized carbons (Fsp3) is 0.526. The van der Waals surface area contributed by atoms with Gasteiger partial charge in [-0.1, -0.05) is 0 Å². The van der Waals surface area contributed by atoms with Crippen LogP contribution >= 0.6 is 0 Å². The van der Waals surface area contributed by atoms with E-state index in [1.165, 1.54) is 0 Å². The van der Waals surface area contributed by atoms with E-state index in [4.69, 9.17) is 4.74 Å². The van der Waals surface area contributed by atoms with Crippen LogP contribution in [0.15, 0.2) is 24.5 Å². The summed E-state index contributed by atoms with van der Waals surface area (Å²) in [6.07, 6.45) is 3.84. The van der Waals surface area contributed by atoms with E-state index in [1.54, 1.807) is 6.20 Å². The van der Waals surface area contributed by atoms with Crippen molar-refractivity contribution < 1.29 is 4.74 Å². The van der Waals surface area contributed by atoms with Gasteiger partial charge in [-0.3, -0.25) is 9.88 Å². The molecular formula is C19H24N6O. The number of piperazine rings is 1. The van der Waals surface area contributed by atoms with Crippen molar-refractivity contribution in [3.8, 4) is 6.07 Å². The Hall–Kier alpha value is -2.27. The Bertz CT molecular complexity index is 813. The van der Waals surface area contributed by atoms with Gasteiger partial charge >= 0.3 is 0 Å². The molecule has 1 N–H and O–H groups in total. The van der Waals surface area contributed by atoms with E-state index in [1.807, 2.05) is 18.3 Å². The third-order valence-electron chi connectivity index (χ3n) is 5.07. The quantitative estimate of drug-likeness (QED) is 0.883. The van der Waals surface area contributed by atoms with Gasteiger partial charge in [0.25, 0.3) is 0 Å². The Morgan fingerprint density at radius 3 is 2.96 bits per heavy atom. The van der Waals surface area contributed by atoms with Crippen LogP contribution in [0.3, 0.4) is 0 Å². The van der Waals surface area contributed by atoms with Crippen LogP contribution in [0.2, 0.25) is 0 Å². The Balaban J connectivity index is 1.59. The summed E-state index contributed by atoms with van der Waals surface area (Å²) in [5.41, 5.74) is 2.08. The van der Waals surface area contributed by atoms with Gasteiger partial charge in [-0.15, -0.1) is 0 Å². The predicted octanol–water partition coefficient (Wildman–Crippen LogP) is 1.00. The topological polar surface area (TPSA) is 77.3 Å². The summed E-state index contributed by atoms with van der Waals surface area (Å²) in [4.78, 5) is 13.5. The van der Waals surface area contributed by atoms with Crippen molar-refractivity contribution in [3.05, 3.63) is 30.2 Å². The van der Waals surface area contributed by atoms with Gasteiger partial charge in [-0.05, 0) is 19.1 Å². The Labute approximate surface area is 153 Å². The van der Waals surface area contributed by atoms with Gasteiger partial charge in [0.05, 0.1) is 24.1 Å². The van der Waals surface area contributed by atoms with Crippen molar-refractivity contribution in [2.75, 3.05) is 50.7 Å². The first-order valence-corrected chi connectivity index (χ1v) is 9.22. The van der Waals surface area contributed by atoms with Crippen molar-refractivity contribution in [2.24, 2.45) is 0 Å². The fourth-order valence-electron chi connectivity index (χ4n) is 3.92. The summed E-state index contributed by atoms with van der Waals surface area (Å²) in [6, 6.07) is 6.07. The summed E-state index contributed by atoms with van der Waals surface area (Å²) in [5.74, 6) is 0. The van der Waals surface area contributed by atoms with Crippen molar-refractivity contribution in [3.63, 3.8) is 0 Å². The molecular weight excluding hydrogens is 328 g/mol. The molecule has 0 unspecified atom stereocenters. The van der Waals surface area contributed by atoms with Crippen LogP contribution in [0.1, 0.15) is 12.6 Å². The molecule has 0 saturated carbocycles. The van der Waals surface area contributed by atoms with Gasteiger partial charge in [0, 0.05) is 57.4 Å². The molecule has 2 aliphatic heterocycles. The minimum Gasteiger partial charge on any atom is -0.370 e. The molecule has 0 amide bonds. The monoisotopic (exact) mass is 352 g/mol. The zero-order valence-electron chi connectivity index (χ0n) is 15.1. The van der Waals surface area contributed by atoms with Gasteiger partial charge in [0.15, 0.2) is 5.69 Å². The molecule has 0 spiro atoms. The van der Waals surface area contributed by atoms with Gasteiger partial charge in [0.2, 0.25) is 0 Å². The molecule has 2 atom stereocenters. The second kappa shape index (κ2) is 7.54. The van der Waals surface area contributed by atoms with E-state index in [0.717, 1.165) is 56.9 Å². The summed E-state index contributed by atoms with van der Waals surface area (Å²) in [7, 11) is 0. The zero-order chi connectivity index (χ0) is 17.9. The third-order valence-corrected chi connectivity index (χ3v) is 5.07. The third kappa shape index (κ3) is 3.49. The molecule has 0 aromatic carbocycles. The Morgan fingerprint density at radius 1 is 1.31 bits per heavy atom. The van der Waals surface area contributed by atoms with E-state index < -0.39 is 0 Å². The van der Waals surface area contributed by atoms with E-state index in [2.05, 4.69) is 38.1 Å². The maximum absolute atomic E-state index is 9.31. The second-order valence-electron chi connectivity index (χ2n) is 7.03. The summed E-state index contributed by atoms with van der Waals surface area (Å²) >= 11 is 0. The number of morpholine rings is 1. The average molecular weight is 352 g/mol. The molecule has 4 rings (SSSR count). The van der Waals surface area contributed by atoms with Crippen LogP contribution in [0, 0.1) is 11.3 Å². The molecule has 2 fully saturated rings.